The highest BCUT2D eigenvalue weighted by atomic mass is 16.4. The first-order valence-corrected chi connectivity index (χ1v) is 7.74. The van der Waals surface area contributed by atoms with Crippen LogP contribution in [0.5, 0.6) is 0 Å². The van der Waals surface area contributed by atoms with Crippen LogP contribution in [0.4, 0.5) is 4.79 Å². The Morgan fingerprint density at radius 3 is 2.48 bits per heavy atom. The molecule has 0 spiro atoms. The van der Waals surface area contributed by atoms with Crippen molar-refractivity contribution in [2.45, 2.75) is 57.4 Å². The van der Waals surface area contributed by atoms with Crippen molar-refractivity contribution < 1.29 is 14.7 Å². The molecule has 0 aliphatic heterocycles. The number of urea groups is 1. The third-order valence-corrected chi connectivity index (χ3v) is 4.56. The lowest BCUT2D eigenvalue weighted by atomic mass is 9.74. The van der Waals surface area contributed by atoms with Crippen LogP contribution in [-0.2, 0) is 4.79 Å². The highest BCUT2D eigenvalue weighted by Crippen LogP contribution is 2.36. The van der Waals surface area contributed by atoms with Gasteiger partial charge in [0.25, 0.3) is 0 Å². The highest BCUT2D eigenvalue weighted by molar-refractivity contribution is 5.78. The van der Waals surface area contributed by atoms with Crippen LogP contribution in [0.3, 0.4) is 0 Å². The SMILES string of the molecule is N#CCCN(C(=O)NCC1(C(=O)O)CCCCC1)C1CC1. The maximum Gasteiger partial charge on any atom is 0.317 e. The minimum absolute atomic E-state index is 0.191. The number of carboxylic acids is 1. The molecule has 2 aliphatic rings. The molecule has 2 saturated carbocycles. The molecule has 2 N–H and O–H groups in total. The average Bonchev–Trinajstić information content (AvgIpc) is 3.31. The summed E-state index contributed by atoms with van der Waals surface area (Å²) in [5, 5.41) is 21.0. The van der Waals surface area contributed by atoms with Crippen molar-refractivity contribution in [3.63, 3.8) is 0 Å². The van der Waals surface area contributed by atoms with E-state index in [-0.39, 0.29) is 18.6 Å². The summed E-state index contributed by atoms with van der Waals surface area (Å²) in [6.07, 6.45) is 6.40. The van der Waals surface area contributed by atoms with Crippen LogP contribution in [0, 0.1) is 16.7 Å². The van der Waals surface area contributed by atoms with Gasteiger partial charge in [-0.3, -0.25) is 4.79 Å². The van der Waals surface area contributed by atoms with Crippen molar-refractivity contribution in [3.05, 3.63) is 0 Å². The van der Waals surface area contributed by atoms with E-state index in [1.54, 1.807) is 4.90 Å². The average molecular weight is 293 g/mol. The molecule has 0 aromatic carbocycles. The largest absolute Gasteiger partial charge is 0.481 e. The van der Waals surface area contributed by atoms with Crippen LogP contribution in [0.2, 0.25) is 0 Å². The minimum atomic E-state index is -0.808. The molecule has 116 valence electrons. The molecule has 0 heterocycles. The normalized spacial score (nSPS) is 20.3. The number of amides is 2. The van der Waals surface area contributed by atoms with E-state index >= 15 is 0 Å². The van der Waals surface area contributed by atoms with Crippen LogP contribution < -0.4 is 5.32 Å². The first-order chi connectivity index (χ1) is 10.1. The molecule has 0 aromatic heterocycles. The number of nitriles is 1. The molecule has 0 bridgehead atoms. The standard InChI is InChI=1S/C15H23N3O3/c16-9-4-10-18(12-5-6-12)14(21)17-11-15(13(19)20)7-2-1-3-8-15/h12H,1-8,10-11H2,(H,17,21)(H,19,20). The predicted octanol–water partition coefficient (Wildman–Crippen LogP) is 2.11. The van der Waals surface area contributed by atoms with Crippen molar-refractivity contribution in [2.75, 3.05) is 13.1 Å². The first-order valence-electron chi connectivity index (χ1n) is 7.74. The Balaban J connectivity index is 1.91. The summed E-state index contributed by atoms with van der Waals surface area (Å²) in [7, 11) is 0. The van der Waals surface area contributed by atoms with E-state index in [9.17, 15) is 14.7 Å². The van der Waals surface area contributed by atoms with Gasteiger partial charge in [-0.1, -0.05) is 19.3 Å². The van der Waals surface area contributed by atoms with E-state index in [0.29, 0.717) is 25.8 Å². The fourth-order valence-corrected chi connectivity index (χ4v) is 3.05. The Kier molecular flexibility index (Phi) is 5.05. The molecule has 0 atom stereocenters. The Morgan fingerprint density at radius 2 is 1.95 bits per heavy atom. The number of carbonyl (C=O) groups excluding carboxylic acids is 1. The second-order valence-corrected chi connectivity index (χ2v) is 6.14. The second-order valence-electron chi connectivity index (χ2n) is 6.14. The molecular weight excluding hydrogens is 270 g/mol. The fraction of sp³-hybridized carbons (Fsp3) is 0.800. The number of hydrogen-bond acceptors (Lipinski definition) is 3. The van der Waals surface area contributed by atoms with Gasteiger partial charge in [-0.05, 0) is 25.7 Å². The fourth-order valence-electron chi connectivity index (χ4n) is 3.05. The molecule has 21 heavy (non-hydrogen) atoms. The Labute approximate surface area is 125 Å². The lowest BCUT2D eigenvalue weighted by Crippen LogP contribution is -2.49. The van der Waals surface area contributed by atoms with E-state index in [1.807, 2.05) is 0 Å². The summed E-state index contributed by atoms with van der Waals surface area (Å²) in [6.45, 7) is 0.615. The number of carboxylic acid groups (broad SMARTS) is 1. The molecule has 0 radical (unpaired) electrons. The maximum absolute atomic E-state index is 12.3. The van der Waals surface area contributed by atoms with E-state index in [0.717, 1.165) is 32.1 Å². The monoisotopic (exact) mass is 293 g/mol. The Bertz CT molecular complexity index is 434. The summed E-state index contributed by atoms with van der Waals surface area (Å²) < 4.78 is 0. The number of rotatable bonds is 6. The summed E-state index contributed by atoms with van der Waals surface area (Å²) in [6, 6.07) is 2.06. The highest BCUT2D eigenvalue weighted by Gasteiger charge is 2.41. The van der Waals surface area contributed by atoms with Gasteiger partial charge in [-0.15, -0.1) is 0 Å². The first kappa shape index (κ1) is 15.6. The molecule has 6 heteroatoms. The molecule has 2 aliphatic carbocycles. The van der Waals surface area contributed by atoms with Gasteiger partial charge in [-0.2, -0.15) is 5.26 Å². The zero-order chi connectivity index (χ0) is 15.3. The topological polar surface area (TPSA) is 93.4 Å². The van der Waals surface area contributed by atoms with Gasteiger partial charge in [0.2, 0.25) is 0 Å². The number of aliphatic carboxylic acids is 1. The summed E-state index contributed by atoms with van der Waals surface area (Å²) in [5.74, 6) is -0.808. The summed E-state index contributed by atoms with van der Waals surface area (Å²) in [4.78, 5) is 25.5. The number of carbonyl (C=O) groups is 2. The van der Waals surface area contributed by atoms with Crippen molar-refractivity contribution in [3.8, 4) is 6.07 Å². The van der Waals surface area contributed by atoms with Crippen LogP contribution in [0.15, 0.2) is 0 Å². The molecule has 0 unspecified atom stereocenters. The molecule has 2 rings (SSSR count). The zero-order valence-electron chi connectivity index (χ0n) is 12.3. The number of nitrogens with zero attached hydrogens (tertiary/aromatic N) is 2. The van der Waals surface area contributed by atoms with E-state index in [1.165, 1.54) is 0 Å². The van der Waals surface area contributed by atoms with Crippen molar-refractivity contribution >= 4 is 12.0 Å². The Morgan fingerprint density at radius 1 is 1.29 bits per heavy atom. The number of nitrogens with one attached hydrogen (secondary N) is 1. The molecule has 0 saturated heterocycles. The Hall–Kier alpha value is -1.77. The van der Waals surface area contributed by atoms with Gasteiger partial charge >= 0.3 is 12.0 Å². The van der Waals surface area contributed by atoms with E-state index in [4.69, 9.17) is 5.26 Å². The lowest BCUT2D eigenvalue weighted by molar-refractivity contribution is -0.150. The smallest absolute Gasteiger partial charge is 0.317 e. The van der Waals surface area contributed by atoms with Gasteiger partial charge in [0.1, 0.15) is 0 Å². The van der Waals surface area contributed by atoms with Crippen LogP contribution in [0.1, 0.15) is 51.4 Å². The maximum atomic E-state index is 12.3. The van der Waals surface area contributed by atoms with Crippen molar-refractivity contribution in [1.82, 2.24) is 10.2 Å². The minimum Gasteiger partial charge on any atom is -0.481 e. The molecule has 2 fully saturated rings. The summed E-state index contributed by atoms with van der Waals surface area (Å²) >= 11 is 0. The van der Waals surface area contributed by atoms with Gasteiger partial charge < -0.3 is 15.3 Å². The molecule has 2 amide bonds. The predicted molar refractivity (Wildman–Crippen MR) is 76.5 cm³/mol. The quantitative estimate of drug-likeness (QED) is 0.784. The van der Waals surface area contributed by atoms with Gasteiger partial charge in [0, 0.05) is 19.1 Å². The summed E-state index contributed by atoms with van der Waals surface area (Å²) in [5.41, 5.74) is -0.807. The van der Waals surface area contributed by atoms with Crippen LogP contribution >= 0.6 is 0 Å². The van der Waals surface area contributed by atoms with E-state index < -0.39 is 11.4 Å². The molecule has 0 aromatic rings. The van der Waals surface area contributed by atoms with Gasteiger partial charge in [0.15, 0.2) is 0 Å². The van der Waals surface area contributed by atoms with Crippen molar-refractivity contribution in [2.24, 2.45) is 5.41 Å². The number of hydrogen-bond donors (Lipinski definition) is 2. The molecule has 6 nitrogen and oxygen atoms in total. The van der Waals surface area contributed by atoms with Crippen LogP contribution in [-0.4, -0.2) is 41.1 Å². The third-order valence-electron chi connectivity index (χ3n) is 4.56. The van der Waals surface area contributed by atoms with Crippen molar-refractivity contribution in [1.29, 1.82) is 5.26 Å². The van der Waals surface area contributed by atoms with Gasteiger partial charge in [-0.25, -0.2) is 4.79 Å². The lowest BCUT2D eigenvalue weighted by Gasteiger charge is -2.34. The molecular formula is C15H23N3O3. The van der Waals surface area contributed by atoms with Gasteiger partial charge in [0.05, 0.1) is 17.9 Å². The second kappa shape index (κ2) is 6.79. The van der Waals surface area contributed by atoms with Crippen LogP contribution in [0.25, 0.3) is 0 Å². The third kappa shape index (κ3) is 3.87. The van der Waals surface area contributed by atoms with E-state index in [2.05, 4.69) is 11.4 Å². The zero-order valence-corrected chi connectivity index (χ0v) is 12.3.